The van der Waals surface area contributed by atoms with Crippen LogP contribution in [-0.4, -0.2) is 11.1 Å². The minimum Gasteiger partial charge on any atom is -0.480 e. The summed E-state index contributed by atoms with van der Waals surface area (Å²) in [6, 6.07) is 35.1. The molecule has 0 fully saturated rings. The predicted octanol–water partition coefficient (Wildman–Crippen LogP) is 6.65. The van der Waals surface area contributed by atoms with Crippen LogP contribution in [0.15, 0.2) is 109 Å². The first-order chi connectivity index (χ1) is 15.5. The van der Waals surface area contributed by atoms with E-state index >= 15 is 0 Å². The van der Waals surface area contributed by atoms with Crippen LogP contribution in [0.25, 0.3) is 22.3 Å². The van der Waals surface area contributed by atoms with E-state index < -0.39 is 12.0 Å². The van der Waals surface area contributed by atoms with Crippen molar-refractivity contribution in [2.45, 2.75) is 19.0 Å². The van der Waals surface area contributed by atoms with Gasteiger partial charge in [0.2, 0.25) is 0 Å². The molecule has 34 heavy (non-hydrogen) atoms. The fourth-order valence-corrected chi connectivity index (χ4v) is 3.27. The van der Waals surface area contributed by atoms with Gasteiger partial charge in [0.1, 0.15) is 6.04 Å². The average molecular weight is 497 g/mol. The van der Waals surface area contributed by atoms with Crippen LogP contribution in [0.3, 0.4) is 0 Å². The molecule has 0 saturated carbocycles. The van der Waals surface area contributed by atoms with Crippen molar-refractivity contribution in [1.29, 1.82) is 0 Å². The number of carboxylic acid groups (broad SMARTS) is 1. The largest absolute Gasteiger partial charge is 0.480 e. The molecule has 4 rings (SSSR count). The monoisotopic (exact) mass is 496 g/mol. The van der Waals surface area contributed by atoms with Crippen LogP contribution in [0, 0.1) is 0 Å². The lowest BCUT2D eigenvalue weighted by atomic mass is 10.0. The maximum Gasteiger partial charge on any atom is 0.325 e. The fourth-order valence-electron chi connectivity index (χ4n) is 3.27. The van der Waals surface area contributed by atoms with Crippen molar-refractivity contribution in [3.63, 3.8) is 0 Å². The summed E-state index contributed by atoms with van der Waals surface area (Å²) in [4.78, 5) is 10.7. The van der Waals surface area contributed by atoms with Crippen LogP contribution < -0.4 is 11.5 Å². The summed E-state index contributed by atoms with van der Waals surface area (Å²) >= 11 is 0. The Labute approximate surface area is 213 Å². The molecule has 0 aliphatic heterocycles. The summed E-state index contributed by atoms with van der Waals surface area (Å²) < 4.78 is 0. The first kappa shape index (κ1) is 28.9. The summed E-state index contributed by atoms with van der Waals surface area (Å²) in [6.07, 6.45) is 0. The number of hydrogen-bond acceptors (Lipinski definition) is 3. The standard InChI is InChI=1S/C14H13NO2.C14H15N.2ClH/c15-13(14(16)17)12-8-6-11(7-9-12)10-4-2-1-3-5-10;1-11(15)12-7-9-14(10-8-12)13-5-3-2-4-6-13;;/h1-9,13H,15H2,(H,16,17);2-11H,15H2,1H3;2*1H. The van der Waals surface area contributed by atoms with Gasteiger partial charge in [0.15, 0.2) is 0 Å². The number of rotatable bonds is 5. The lowest BCUT2D eigenvalue weighted by Crippen LogP contribution is -2.20. The van der Waals surface area contributed by atoms with Crippen molar-refractivity contribution in [2.75, 3.05) is 0 Å². The molecule has 0 saturated heterocycles. The van der Waals surface area contributed by atoms with Gasteiger partial charge in [-0.1, -0.05) is 109 Å². The highest BCUT2D eigenvalue weighted by Crippen LogP contribution is 2.22. The molecular weight excluding hydrogens is 467 g/mol. The molecule has 2 atom stereocenters. The smallest absolute Gasteiger partial charge is 0.325 e. The molecule has 0 heterocycles. The van der Waals surface area contributed by atoms with E-state index in [9.17, 15) is 4.79 Å². The average Bonchev–Trinajstić information content (AvgIpc) is 2.85. The van der Waals surface area contributed by atoms with Crippen molar-refractivity contribution >= 4 is 30.8 Å². The van der Waals surface area contributed by atoms with Gasteiger partial charge in [-0.15, -0.1) is 24.8 Å². The molecule has 0 aliphatic carbocycles. The molecule has 4 nitrogen and oxygen atoms in total. The van der Waals surface area contributed by atoms with Crippen LogP contribution in [-0.2, 0) is 4.79 Å². The van der Waals surface area contributed by atoms with Crippen molar-refractivity contribution < 1.29 is 9.90 Å². The van der Waals surface area contributed by atoms with Crippen LogP contribution in [0.1, 0.15) is 30.1 Å². The zero-order chi connectivity index (χ0) is 22.9. The first-order valence-corrected chi connectivity index (χ1v) is 10.5. The number of nitrogens with two attached hydrogens (primary N) is 2. The van der Waals surface area contributed by atoms with Gasteiger partial charge in [0.05, 0.1) is 0 Å². The number of aliphatic carboxylic acids is 1. The van der Waals surface area contributed by atoms with E-state index in [4.69, 9.17) is 16.6 Å². The van der Waals surface area contributed by atoms with Crippen molar-refractivity contribution in [1.82, 2.24) is 0 Å². The van der Waals surface area contributed by atoms with Crippen LogP contribution >= 0.6 is 24.8 Å². The summed E-state index contributed by atoms with van der Waals surface area (Å²) in [5.41, 5.74) is 17.7. The van der Waals surface area contributed by atoms with Gasteiger partial charge >= 0.3 is 5.97 Å². The predicted molar refractivity (Wildman–Crippen MR) is 145 cm³/mol. The van der Waals surface area contributed by atoms with E-state index in [1.807, 2.05) is 55.5 Å². The van der Waals surface area contributed by atoms with E-state index in [1.54, 1.807) is 12.1 Å². The number of carboxylic acids is 1. The third-order valence-corrected chi connectivity index (χ3v) is 5.19. The Morgan fingerprint density at radius 3 is 1.24 bits per heavy atom. The van der Waals surface area contributed by atoms with E-state index in [-0.39, 0.29) is 30.9 Å². The summed E-state index contributed by atoms with van der Waals surface area (Å²) in [5.74, 6) is -1.02. The Morgan fingerprint density at radius 2 is 0.912 bits per heavy atom. The normalized spacial score (nSPS) is 11.5. The van der Waals surface area contributed by atoms with E-state index in [1.165, 1.54) is 16.7 Å². The van der Waals surface area contributed by atoms with Crippen LogP contribution in [0.2, 0.25) is 0 Å². The maximum absolute atomic E-state index is 10.7. The van der Waals surface area contributed by atoms with E-state index in [0.29, 0.717) is 5.56 Å². The van der Waals surface area contributed by atoms with Gasteiger partial charge in [-0.2, -0.15) is 0 Å². The summed E-state index contributed by atoms with van der Waals surface area (Å²) in [7, 11) is 0. The van der Waals surface area contributed by atoms with Crippen LogP contribution in [0.5, 0.6) is 0 Å². The van der Waals surface area contributed by atoms with Crippen molar-refractivity contribution in [3.8, 4) is 22.3 Å². The Morgan fingerprint density at radius 1 is 0.588 bits per heavy atom. The Hall–Kier alpha value is -3.15. The van der Waals surface area contributed by atoms with E-state index in [2.05, 4.69) is 48.5 Å². The molecule has 6 heteroatoms. The zero-order valence-electron chi connectivity index (χ0n) is 18.9. The molecule has 4 aromatic carbocycles. The molecule has 0 spiro atoms. The third kappa shape index (κ3) is 8.01. The number of carbonyl (C=O) groups is 1. The topological polar surface area (TPSA) is 89.3 Å². The number of hydrogen-bond donors (Lipinski definition) is 3. The molecule has 178 valence electrons. The molecule has 0 bridgehead atoms. The molecule has 0 amide bonds. The first-order valence-electron chi connectivity index (χ1n) is 10.5. The van der Waals surface area contributed by atoms with Gasteiger partial charge in [-0.05, 0) is 40.3 Å². The second kappa shape index (κ2) is 14.2. The second-order valence-corrected chi connectivity index (χ2v) is 7.58. The van der Waals surface area contributed by atoms with Crippen molar-refractivity contribution in [2.24, 2.45) is 11.5 Å². The molecule has 2 unspecified atom stereocenters. The highest BCUT2D eigenvalue weighted by atomic mass is 35.5. The van der Waals surface area contributed by atoms with Crippen molar-refractivity contribution in [3.05, 3.63) is 120 Å². The number of halogens is 2. The molecule has 5 N–H and O–H groups in total. The minimum atomic E-state index is -1.02. The highest BCUT2D eigenvalue weighted by molar-refractivity contribution is 5.85. The van der Waals surface area contributed by atoms with Gasteiger partial charge in [-0.25, -0.2) is 0 Å². The lowest BCUT2D eigenvalue weighted by molar-refractivity contribution is -0.138. The molecule has 0 aliphatic rings. The third-order valence-electron chi connectivity index (χ3n) is 5.19. The Balaban J connectivity index is 0.000000323. The van der Waals surface area contributed by atoms with E-state index in [0.717, 1.165) is 11.1 Å². The van der Waals surface area contributed by atoms with Crippen LogP contribution in [0.4, 0.5) is 0 Å². The second-order valence-electron chi connectivity index (χ2n) is 7.58. The molecular formula is C28H30Cl2N2O2. The molecule has 0 radical (unpaired) electrons. The van der Waals surface area contributed by atoms with Gasteiger partial charge in [0.25, 0.3) is 0 Å². The quantitative estimate of drug-likeness (QED) is 0.288. The zero-order valence-corrected chi connectivity index (χ0v) is 20.5. The fraction of sp³-hybridized carbons (Fsp3) is 0.107. The molecule has 4 aromatic rings. The van der Waals surface area contributed by atoms with Gasteiger partial charge in [0, 0.05) is 6.04 Å². The van der Waals surface area contributed by atoms with Gasteiger partial charge in [-0.3, -0.25) is 4.79 Å². The SMILES string of the molecule is CC(N)c1ccc(-c2ccccc2)cc1.Cl.Cl.NC(C(=O)O)c1ccc(-c2ccccc2)cc1. The lowest BCUT2D eigenvalue weighted by Gasteiger charge is -2.07. The Bertz CT molecular complexity index is 1120. The highest BCUT2D eigenvalue weighted by Gasteiger charge is 2.13. The minimum absolute atomic E-state index is 0. The maximum atomic E-state index is 10.7. The van der Waals surface area contributed by atoms with Gasteiger partial charge < -0.3 is 16.6 Å². The number of benzene rings is 4. The molecule has 0 aromatic heterocycles. The summed E-state index contributed by atoms with van der Waals surface area (Å²) in [5, 5.41) is 8.80. The Kier molecular flexibility index (Phi) is 12.1. The summed E-state index contributed by atoms with van der Waals surface area (Å²) in [6.45, 7) is 2.00.